The van der Waals surface area contributed by atoms with Crippen molar-refractivity contribution >= 4 is 75.1 Å². The van der Waals surface area contributed by atoms with Crippen molar-refractivity contribution in [3.8, 4) is 0 Å². The first-order valence-electron chi connectivity index (χ1n) is 18.4. The summed E-state index contributed by atoms with van der Waals surface area (Å²) in [7, 11) is -1.23. The molecule has 2 aliphatic heterocycles. The molecule has 1 fully saturated rings. The molecule has 290 valence electrons. The van der Waals surface area contributed by atoms with Crippen LogP contribution in [0.1, 0.15) is 23.1 Å². The van der Waals surface area contributed by atoms with E-state index in [0.29, 0.717) is 11.9 Å². The summed E-state index contributed by atoms with van der Waals surface area (Å²) in [5.74, 6) is -1.44. The van der Waals surface area contributed by atoms with Gasteiger partial charge in [0.25, 0.3) is 11.8 Å². The molecule has 2 atom stereocenters. The minimum absolute atomic E-state index is 0.0240. The van der Waals surface area contributed by atoms with Gasteiger partial charge in [-0.05, 0) is 47.5 Å². The number of carbonyl (C=O) groups is 3. The number of amides is 2. The largest absolute Gasteiger partial charge is 0.448 e. The Kier molecular flexibility index (Phi) is 11.5. The Morgan fingerprint density at radius 2 is 1.33 bits per heavy atom. The molecule has 11 nitrogen and oxygen atoms in total. The third-order valence-electron chi connectivity index (χ3n) is 10.0. The lowest BCUT2D eigenvalue weighted by Crippen LogP contribution is -2.71. The van der Waals surface area contributed by atoms with E-state index in [1.165, 1.54) is 23.8 Å². The molecule has 2 amide bonds. The van der Waals surface area contributed by atoms with Crippen LogP contribution in [0.25, 0.3) is 0 Å². The Morgan fingerprint density at radius 1 is 0.828 bits per heavy atom. The second-order valence-corrected chi connectivity index (χ2v) is 18.8. The summed E-state index contributed by atoms with van der Waals surface area (Å²) in [6, 6.07) is 49.2. The average molecular weight is 826 g/mol. The number of benzene rings is 5. The molecule has 2 aliphatic rings. The van der Waals surface area contributed by atoms with Crippen molar-refractivity contribution in [2.24, 2.45) is 5.16 Å². The molecule has 1 saturated heterocycles. The average Bonchev–Trinajstić information content (AvgIpc) is 3.72. The van der Waals surface area contributed by atoms with Gasteiger partial charge in [-0.15, -0.1) is 11.8 Å². The number of hydrogen-bond acceptors (Lipinski definition) is 11. The van der Waals surface area contributed by atoms with Crippen molar-refractivity contribution in [2.45, 2.75) is 17.5 Å². The van der Waals surface area contributed by atoms with Crippen LogP contribution >= 0.6 is 30.6 Å². The molecule has 0 radical (unpaired) electrons. The van der Waals surface area contributed by atoms with Gasteiger partial charge < -0.3 is 20.6 Å². The first-order chi connectivity index (χ1) is 28.4. The summed E-state index contributed by atoms with van der Waals surface area (Å²) in [4.78, 5) is 53.7. The second kappa shape index (κ2) is 17.2. The fourth-order valence-electron chi connectivity index (χ4n) is 7.41. The number of fused-ring (bicyclic) bond motifs is 1. The topological polar surface area (TPSA) is 149 Å². The van der Waals surface area contributed by atoms with Gasteiger partial charge in [-0.2, -0.15) is 9.36 Å². The van der Waals surface area contributed by atoms with Crippen molar-refractivity contribution in [3.63, 3.8) is 0 Å². The van der Waals surface area contributed by atoms with Gasteiger partial charge in [-0.1, -0.05) is 120 Å². The Hall–Kier alpha value is -6.14. The predicted octanol–water partition coefficient (Wildman–Crippen LogP) is 5.45. The molecule has 8 rings (SSSR count). The number of β-lactam (4-membered cyclic amide) rings is 1. The summed E-state index contributed by atoms with van der Waals surface area (Å²) >= 11 is 2.39. The van der Waals surface area contributed by atoms with E-state index < -0.39 is 42.6 Å². The number of anilines is 1. The van der Waals surface area contributed by atoms with Crippen molar-refractivity contribution in [2.75, 3.05) is 24.8 Å². The smallest absolute Gasteiger partial charge is 0.356 e. The highest BCUT2D eigenvalue weighted by Crippen LogP contribution is 2.58. The van der Waals surface area contributed by atoms with E-state index in [-0.39, 0.29) is 22.4 Å². The number of rotatable bonds is 13. The lowest BCUT2D eigenvalue weighted by Gasteiger charge is -2.50. The van der Waals surface area contributed by atoms with Crippen LogP contribution in [0, 0.1) is 0 Å². The molecule has 3 N–H and O–H groups in total. The van der Waals surface area contributed by atoms with E-state index in [1.54, 1.807) is 0 Å². The summed E-state index contributed by atoms with van der Waals surface area (Å²) in [5, 5.41) is 9.56. The van der Waals surface area contributed by atoms with Crippen molar-refractivity contribution < 1.29 is 24.0 Å². The highest BCUT2D eigenvalue weighted by Gasteiger charge is 2.57. The maximum Gasteiger partial charge on any atom is 0.356 e. The van der Waals surface area contributed by atoms with Gasteiger partial charge in [0.2, 0.25) is 11.5 Å². The van der Waals surface area contributed by atoms with Crippen molar-refractivity contribution in [3.05, 3.63) is 180 Å². The zero-order chi connectivity index (χ0) is 40.1. The molecular weight excluding hydrogens is 788 g/mol. The maximum atomic E-state index is 15.1. The Labute approximate surface area is 344 Å². The summed E-state index contributed by atoms with van der Waals surface area (Å²) in [6.07, 6.45) is -0.301. The number of nitrogen functional groups attached to an aromatic ring is 1. The fraction of sp³-hybridized carbons (Fsp3) is 0.136. The van der Waals surface area contributed by atoms with Gasteiger partial charge in [-0.3, -0.25) is 14.5 Å². The van der Waals surface area contributed by atoms with Crippen LogP contribution in [0.2, 0.25) is 0 Å². The molecule has 1 unspecified atom stereocenters. The summed E-state index contributed by atoms with van der Waals surface area (Å²) in [6.45, 7) is 0. The molecule has 1 aromatic heterocycles. The molecule has 0 saturated carbocycles. The van der Waals surface area contributed by atoms with E-state index in [2.05, 4.69) is 56.2 Å². The molecule has 0 aliphatic carbocycles. The Balaban J connectivity index is 1.24. The SMILES string of the molecule is CON=C(C(=O)NC1C(=O)N2C(C(=O)OC(c3ccccc3)c3ccccc3)=C(C[P+](c3ccccc3)(c3ccccc3)c3ccccc3)CS[C@@H]12)c1nsc(N)n1. The van der Waals surface area contributed by atoms with Gasteiger partial charge in [0.1, 0.15) is 47.4 Å². The zero-order valence-electron chi connectivity index (χ0n) is 31.3. The lowest BCUT2D eigenvalue weighted by atomic mass is 10.0. The molecular formula is C44H38N6O5PS2+. The minimum atomic E-state index is -2.52. The summed E-state index contributed by atoms with van der Waals surface area (Å²) < 4.78 is 10.6. The second-order valence-electron chi connectivity index (χ2n) is 13.5. The Bertz CT molecular complexity index is 2340. The molecule has 3 heterocycles. The monoisotopic (exact) mass is 825 g/mol. The molecule has 0 spiro atoms. The number of thioether (sulfide) groups is 1. The number of nitrogens with two attached hydrogens (primary N) is 1. The van der Waals surface area contributed by atoms with E-state index in [9.17, 15) is 9.59 Å². The minimum Gasteiger partial charge on any atom is -0.448 e. The van der Waals surface area contributed by atoms with Gasteiger partial charge in [0.15, 0.2) is 11.2 Å². The van der Waals surface area contributed by atoms with Gasteiger partial charge in [0.05, 0.1) is 6.16 Å². The van der Waals surface area contributed by atoms with Crippen LogP contribution in [-0.4, -0.2) is 68.2 Å². The standard InChI is InChI=1S/C44H37N6O5PS2/c1-54-48-35(39-47-44(45)58-49-39)40(51)46-36-41(52)50-37(43(53)55-38(29-17-7-2-8-18-29)30-19-9-3-10-20-30)31(28-57-42(36)50)27-56(32-21-11-4-12-22-32,33-23-13-5-14-24-33)34-25-15-6-16-26-34/h2-26,36,38,42H,27-28H2,1H3,(H2-,45,46,47,49,51)/p+1/t36?,42-/m0/s1. The van der Waals surface area contributed by atoms with Crippen LogP contribution < -0.4 is 27.0 Å². The Morgan fingerprint density at radius 3 is 1.79 bits per heavy atom. The number of carbonyl (C=O) groups excluding carboxylic acids is 3. The molecule has 6 aromatic rings. The van der Waals surface area contributed by atoms with Crippen LogP contribution in [0.3, 0.4) is 0 Å². The van der Waals surface area contributed by atoms with E-state index >= 15 is 4.79 Å². The molecule has 58 heavy (non-hydrogen) atoms. The zero-order valence-corrected chi connectivity index (χ0v) is 33.8. The molecule has 0 bridgehead atoms. The number of oxime groups is 1. The molecule has 14 heteroatoms. The van der Waals surface area contributed by atoms with Crippen LogP contribution in [0.15, 0.2) is 168 Å². The fourth-order valence-corrected chi connectivity index (χ4v) is 13.7. The van der Waals surface area contributed by atoms with Crippen LogP contribution in [0.5, 0.6) is 0 Å². The number of aromatic nitrogens is 2. The third kappa shape index (κ3) is 7.51. The maximum absolute atomic E-state index is 15.1. The van der Waals surface area contributed by atoms with E-state index in [0.717, 1.165) is 44.1 Å². The van der Waals surface area contributed by atoms with Gasteiger partial charge in [-0.25, -0.2) is 4.79 Å². The lowest BCUT2D eigenvalue weighted by molar-refractivity contribution is -0.154. The number of hydrogen-bond donors (Lipinski definition) is 2. The number of esters is 1. The van der Waals surface area contributed by atoms with Crippen LogP contribution in [0.4, 0.5) is 5.13 Å². The number of nitrogens with zero attached hydrogens (tertiary/aromatic N) is 4. The normalized spacial score (nSPS) is 16.7. The number of ether oxygens (including phenoxy) is 1. The van der Waals surface area contributed by atoms with Gasteiger partial charge in [0, 0.05) is 22.9 Å². The van der Waals surface area contributed by atoms with Crippen molar-refractivity contribution in [1.29, 1.82) is 0 Å². The first kappa shape index (κ1) is 38.7. The molecule has 5 aromatic carbocycles. The van der Waals surface area contributed by atoms with E-state index in [1.807, 2.05) is 115 Å². The van der Waals surface area contributed by atoms with E-state index in [4.69, 9.17) is 15.3 Å². The van der Waals surface area contributed by atoms with Crippen LogP contribution in [-0.2, 0) is 24.0 Å². The third-order valence-corrected chi connectivity index (χ3v) is 16.3. The highest BCUT2D eigenvalue weighted by molar-refractivity contribution is 8.00. The summed E-state index contributed by atoms with van der Waals surface area (Å²) in [5.41, 5.74) is 8.09. The predicted molar refractivity (Wildman–Crippen MR) is 231 cm³/mol. The number of nitrogens with one attached hydrogen (secondary N) is 1. The highest BCUT2D eigenvalue weighted by atomic mass is 32.2. The van der Waals surface area contributed by atoms with Gasteiger partial charge >= 0.3 is 5.97 Å². The van der Waals surface area contributed by atoms with Crippen molar-refractivity contribution in [1.82, 2.24) is 19.6 Å². The first-order valence-corrected chi connectivity index (χ1v) is 22.2. The quantitative estimate of drug-likeness (QED) is 0.0510.